The van der Waals surface area contributed by atoms with Gasteiger partial charge in [0.25, 0.3) is 0 Å². The molecule has 2 unspecified atom stereocenters. The van der Waals surface area contributed by atoms with Crippen LogP contribution in [0, 0.1) is 5.92 Å². The van der Waals surface area contributed by atoms with Gasteiger partial charge in [-0.15, -0.1) is 0 Å². The summed E-state index contributed by atoms with van der Waals surface area (Å²) in [6.07, 6.45) is -0.211. The number of benzene rings is 1. The summed E-state index contributed by atoms with van der Waals surface area (Å²) in [4.78, 5) is 14.0. The van der Waals surface area contributed by atoms with E-state index in [9.17, 15) is 9.90 Å². The van der Waals surface area contributed by atoms with Crippen molar-refractivity contribution in [3.63, 3.8) is 0 Å². The lowest BCUT2D eigenvalue weighted by atomic mass is 10.0. The number of rotatable bonds is 6. The molecule has 1 heterocycles. The van der Waals surface area contributed by atoms with Crippen molar-refractivity contribution in [2.45, 2.75) is 25.5 Å². The van der Waals surface area contributed by atoms with Crippen molar-refractivity contribution in [3.05, 3.63) is 29.8 Å². The highest BCUT2D eigenvalue weighted by molar-refractivity contribution is 5.79. The molecule has 0 aromatic heterocycles. The molecule has 21 heavy (non-hydrogen) atoms. The van der Waals surface area contributed by atoms with Gasteiger partial charge in [0.05, 0.1) is 25.9 Å². The highest BCUT2D eigenvalue weighted by atomic mass is 16.5. The Balaban J connectivity index is 2.04. The van der Waals surface area contributed by atoms with Crippen LogP contribution in [0.25, 0.3) is 0 Å². The predicted octanol–water partition coefficient (Wildman–Crippen LogP) is 1.61. The Morgan fingerprint density at radius 2 is 2.00 bits per heavy atom. The molecule has 3 atom stereocenters. The first kappa shape index (κ1) is 15.8. The van der Waals surface area contributed by atoms with Gasteiger partial charge in [-0.05, 0) is 24.6 Å². The third kappa shape index (κ3) is 3.54. The van der Waals surface area contributed by atoms with E-state index in [1.54, 1.807) is 14.2 Å². The number of carbonyl (C=O) groups excluding carboxylic acids is 1. The first-order chi connectivity index (χ1) is 10.1. The van der Waals surface area contributed by atoms with E-state index in [2.05, 4.69) is 0 Å². The Morgan fingerprint density at radius 3 is 2.57 bits per heavy atom. The fourth-order valence-electron chi connectivity index (χ4n) is 2.76. The number of aliphatic hydroxyl groups is 1. The molecule has 116 valence electrons. The number of aliphatic hydroxyl groups excluding tert-OH is 1. The van der Waals surface area contributed by atoms with Gasteiger partial charge in [0.2, 0.25) is 5.91 Å². The van der Waals surface area contributed by atoms with Crippen LogP contribution in [0.5, 0.6) is 5.75 Å². The number of hydrogen-bond donors (Lipinski definition) is 1. The average Bonchev–Trinajstić information content (AvgIpc) is 2.89. The zero-order chi connectivity index (χ0) is 15.4. The number of methoxy groups -OCH3 is 2. The zero-order valence-electron chi connectivity index (χ0n) is 12.8. The van der Waals surface area contributed by atoms with E-state index in [-0.39, 0.29) is 24.5 Å². The van der Waals surface area contributed by atoms with Crippen LogP contribution >= 0.6 is 0 Å². The Labute approximate surface area is 125 Å². The molecule has 5 nitrogen and oxygen atoms in total. The largest absolute Gasteiger partial charge is 0.497 e. The van der Waals surface area contributed by atoms with Crippen molar-refractivity contribution in [2.75, 3.05) is 27.4 Å². The van der Waals surface area contributed by atoms with E-state index < -0.39 is 6.10 Å². The molecule has 1 fully saturated rings. The van der Waals surface area contributed by atoms with E-state index in [4.69, 9.17) is 9.47 Å². The second-order valence-corrected chi connectivity index (χ2v) is 5.48. The SMILES string of the molecule is COCC(O)[C@@H]1CC(=O)N(C(C)c2ccc(OC)cc2)C1. The molecule has 1 aliphatic heterocycles. The number of carbonyl (C=O) groups is 1. The number of likely N-dealkylation sites (tertiary alicyclic amines) is 1. The van der Waals surface area contributed by atoms with Gasteiger partial charge in [0, 0.05) is 26.0 Å². The topological polar surface area (TPSA) is 59.0 Å². The van der Waals surface area contributed by atoms with E-state index >= 15 is 0 Å². The normalized spacial score (nSPS) is 21.4. The fraction of sp³-hybridized carbons (Fsp3) is 0.562. The fourth-order valence-corrected chi connectivity index (χ4v) is 2.76. The highest BCUT2D eigenvalue weighted by Crippen LogP contribution is 2.30. The van der Waals surface area contributed by atoms with Gasteiger partial charge in [-0.1, -0.05) is 12.1 Å². The predicted molar refractivity (Wildman–Crippen MR) is 79.1 cm³/mol. The third-order valence-electron chi connectivity index (χ3n) is 4.14. The maximum absolute atomic E-state index is 12.2. The summed E-state index contributed by atoms with van der Waals surface area (Å²) in [5.74, 6) is 0.823. The van der Waals surface area contributed by atoms with Crippen molar-refractivity contribution < 1.29 is 19.4 Å². The molecule has 0 aliphatic carbocycles. The molecule has 0 bridgehead atoms. The number of amides is 1. The van der Waals surface area contributed by atoms with Gasteiger partial charge in [0.15, 0.2) is 0 Å². The standard InChI is InChI=1S/C16H23NO4/c1-11(12-4-6-14(21-3)7-5-12)17-9-13(8-16(17)19)15(18)10-20-2/h4-7,11,13,15,18H,8-10H2,1-3H3/t11?,13-,15?/m1/s1. The second kappa shape index (κ2) is 6.91. The smallest absolute Gasteiger partial charge is 0.223 e. The highest BCUT2D eigenvalue weighted by Gasteiger charge is 2.36. The zero-order valence-corrected chi connectivity index (χ0v) is 12.8. The molecular formula is C16H23NO4. The van der Waals surface area contributed by atoms with Gasteiger partial charge in [-0.2, -0.15) is 0 Å². The Morgan fingerprint density at radius 1 is 1.33 bits per heavy atom. The van der Waals surface area contributed by atoms with Crippen LogP contribution in [0.4, 0.5) is 0 Å². The molecule has 1 N–H and O–H groups in total. The summed E-state index contributed by atoms with van der Waals surface area (Å²) in [5, 5.41) is 9.98. The Hall–Kier alpha value is -1.59. The second-order valence-electron chi connectivity index (χ2n) is 5.48. The molecule has 5 heteroatoms. The van der Waals surface area contributed by atoms with Crippen LogP contribution in [0.3, 0.4) is 0 Å². The molecular weight excluding hydrogens is 270 g/mol. The minimum atomic E-state index is -0.591. The van der Waals surface area contributed by atoms with Crippen molar-refractivity contribution in [1.82, 2.24) is 4.90 Å². The molecule has 0 radical (unpaired) electrons. The van der Waals surface area contributed by atoms with Crippen molar-refractivity contribution in [2.24, 2.45) is 5.92 Å². The molecule has 1 amide bonds. The van der Waals surface area contributed by atoms with Crippen molar-refractivity contribution in [1.29, 1.82) is 0 Å². The maximum Gasteiger partial charge on any atom is 0.223 e. The number of hydrogen-bond acceptors (Lipinski definition) is 4. The van der Waals surface area contributed by atoms with Crippen LogP contribution in [-0.4, -0.2) is 49.4 Å². The summed E-state index contributed by atoms with van der Waals surface area (Å²) in [7, 11) is 3.18. The maximum atomic E-state index is 12.2. The van der Waals surface area contributed by atoms with Crippen LogP contribution in [0.1, 0.15) is 24.9 Å². The molecule has 1 aromatic carbocycles. The minimum absolute atomic E-state index is 0.0110. The van der Waals surface area contributed by atoms with Gasteiger partial charge < -0.3 is 19.5 Å². The first-order valence-corrected chi connectivity index (χ1v) is 7.17. The number of nitrogens with zero attached hydrogens (tertiary/aromatic N) is 1. The van der Waals surface area contributed by atoms with Crippen molar-refractivity contribution >= 4 is 5.91 Å². The van der Waals surface area contributed by atoms with Gasteiger partial charge in [-0.3, -0.25) is 4.79 Å². The van der Waals surface area contributed by atoms with Gasteiger partial charge in [-0.25, -0.2) is 0 Å². The molecule has 1 aromatic rings. The van der Waals surface area contributed by atoms with E-state index in [0.717, 1.165) is 11.3 Å². The quantitative estimate of drug-likeness (QED) is 0.866. The van der Waals surface area contributed by atoms with Crippen LogP contribution in [0.2, 0.25) is 0 Å². The lowest BCUT2D eigenvalue weighted by molar-refractivity contribution is -0.129. The lowest BCUT2D eigenvalue weighted by Crippen LogP contribution is -2.31. The van der Waals surface area contributed by atoms with E-state index in [1.807, 2.05) is 36.1 Å². The third-order valence-corrected chi connectivity index (χ3v) is 4.14. The molecule has 1 saturated heterocycles. The average molecular weight is 293 g/mol. The van der Waals surface area contributed by atoms with Gasteiger partial charge in [0.1, 0.15) is 5.75 Å². The summed E-state index contributed by atoms with van der Waals surface area (Å²) < 4.78 is 10.1. The summed E-state index contributed by atoms with van der Waals surface area (Å²) in [6, 6.07) is 7.71. The van der Waals surface area contributed by atoms with Crippen molar-refractivity contribution in [3.8, 4) is 5.75 Å². The van der Waals surface area contributed by atoms with Crippen LogP contribution in [-0.2, 0) is 9.53 Å². The molecule has 0 spiro atoms. The Kier molecular flexibility index (Phi) is 5.20. The summed E-state index contributed by atoms with van der Waals surface area (Å²) in [6.45, 7) is 2.84. The minimum Gasteiger partial charge on any atom is -0.497 e. The van der Waals surface area contributed by atoms with Gasteiger partial charge >= 0.3 is 0 Å². The Bertz CT molecular complexity index is 474. The summed E-state index contributed by atoms with van der Waals surface area (Å²) in [5.41, 5.74) is 1.06. The monoisotopic (exact) mass is 293 g/mol. The molecule has 0 saturated carbocycles. The molecule has 2 rings (SSSR count). The number of ether oxygens (including phenoxy) is 2. The van der Waals surface area contributed by atoms with E-state index in [1.165, 1.54) is 0 Å². The molecule has 1 aliphatic rings. The lowest BCUT2D eigenvalue weighted by Gasteiger charge is -2.26. The van der Waals surface area contributed by atoms with Crippen LogP contribution in [0.15, 0.2) is 24.3 Å². The van der Waals surface area contributed by atoms with Crippen LogP contribution < -0.4 is 4.74 Å². The van der Waals surface area contributed by atoms with E-state index in [0.29, 0.717) is 13.0 Å². The summed E-state index contributed by atoms with van der Waals surface area (Å²) >= 11 is 0. The first-order valence-electron chi connectivity index (χ1n) is 7.17.